The summed E-state index contributed by atoms with van der Waals surface area (Å²) in [6.07, 6.45) is 1.46. The van der Waals surface area contributed by atoms with Gasteiger partial charge in [0.1, 0.15) is 5.25 Å². The molecule has 6 heteroatoms. The van der Waals surface area contributed by atoms with Gasteiger partial charge in [-0.05, 0) is 73.0 Å². The summed E-state index contributed by atoms with van der Waals surface area (Å²) in [6.45, 7) is 4.03. The molecule has 1 atom stereocenters. The van der Waals surface area contributed by atoms with E-state index in [2.05, 4.69) is 10.6 Å². The Balaban J connectivity index is 1.51. The average Bonchev–Trinajstić information content (AvgIpc) is 3.37. The zero-order chi connectivity index (χ0) is 23.2. The average molecular weight is 457 g/mol. The van der Waals surface area contributed by atoms with E-state index in [4.69, 9.17) is 4.42 Å². The van der Waals surface area contributed by atoms with Crippen LogP contribution in [-0.2, 0) is 4.79 Å². The highest BCUT2D eigenvalue weighted by atomic mass is 32.2. The van der Waals surface area contributed by atoms with Crippen molar-refractivity contribution >= 4 is 35.0 Å². The normalized spacial score (nSPS) is 11.6. The van der Waals surface area contributed by atoms with E-state index in [-0.39, 0.29) is 17.6 Å². The number of anilines is 2. The highest BCUT2D eigenvalue weighted by Crippen LogP contribution is 2.37. The topological polar surface area (TPSA) is 71.3 Å². The molecule has 1 unspecified atom stereocenters. The lowest BCUT2D eigenvalue weighted by molar-refractivity contribution is -0.115. The molecule has 33 heavy (non-hydrogen) atoms. The molecule has 0 saturated carbocycles. The van der Waals surface area contributed by atoms with Gasteiger partial charge in [-0.2, -0.15) is 0 Å². The van der Waals surface area contributed by atoms with Crippen LogP contribution in [0.4, 0.5) is 11.4 Å². The number of hydrogen-bond donors (Lipinski definition) is 2. The number of aryl methyl sites for hydroxylation is 1. The van der Waals surface area contributed by atoms with Crippen molar-refractivity contribution in [3.63, 3.8) is 0 Å². The van der Waals surface area contributed by atoms with E-state index in [9.17, 15) is 9.59 Å². The summed E-state index contributed by atoms with van der Waals surface area (Å²) in [4.78, 5) is 26.4. The molecule has 0 radical (unpaired) electrons. The lowest BCUT2D eigenvalue weighted by Crippen LogP contribution is -2.19. The maximum atomic E-state index is 13.3. The maximum Gasteiger partial charge on any atom is 0.291 e. The summed E-state index contributed by atoms with van der Waals surface area (Å²) in [5.41, 5.74) is 4.57. The van der Waals surface area contributed by atoms with E-state index in [1.54, 1.807) is 12.1 Å². The van der Waals surface area contributed by atoms with Crippen LogP contribution < -0.4 is 10.6 Å². The molecule has 0 fully saturated rings. The van der Waals surface area contributed by atoms with Crippen molar-refractivity contribution in [2.45, 2.75) is 24.0 Å². The third kappa shape index (κ3) is 5.54. The number of nitrogens with one attached hydrogen (secondary N) is 2. The second-order valence-electron chi connectivity index (χ2n) is 7.60. The SMILES string of the molecule is Cc1cccc(NC(=O)C(Sc2ccc(NC(=O)c3ccco3)cc2)c2ccccc2)c1C. The van der Waals surface area contributed by atoms with Gasteiger partial charge >= 0.3 is 0 Å². The third-order valence-corrected chi connectivity index (χ3v) is 6.58. The van der Waals surface area contributed by atoms with Gasteiger partial charge in [-0.15, -0.1) is 11.8 Å². The van der Waals surface area contributed by atoms with Crippen LogP contribution in [0.3, 0.4) is 0 Å². The van der Waals surface area contributed by atoms with Crippen LogP contribution >= 0.6 is 11.8 Å². The summed E-state index contributed by atoms with van der Waals surface area (Å²) >= 11 is 1.46. The van der Waals surface area contributed by atoms with Crippen LogP contribution in [0.25, 0.3) is 0 Å². The minimum atomic E-state index is -0.435. The second kappa shape index (κ2) is 10.2. The molecule has 2 N–H and O–H groups in total. The molecular weight excluding hydrogens is 432 g/mol. The molecule has 0 aliphatic heterocycles. The Morgan fingerprint density at radius 1 is 0.818 bits per heavy atom. The van der Waals surface area contributed by atoms with Crippen molar-refractivity contribution < 1.29 is 14.0 Å². The van der Waals surface area contributed by atoms with Gasteiger partial charge in [0.2, 0.25) is 5.91 Å². The van der Waals surface area contributed by atoms with Crippen LogP contribution in [0.1, 0.15) is 32.5 Å². The fourth-order valence-corrected chi connectivity index (χ4v) is 4.36. The molecule has 4 rings (SSSR count). The number of rotatable bonds is 7. The largest absolute Gasteiger partial charge is 0.459 e. The summed E-state index contributed by atoms with van der Waals surface area (Å²) < 4.78 is 5.12. The van der Waals surface area contributed by atoms with Crippen LogP contribution in [0.2, 0.25) is 0 Å². The van der Waals surface area contributed by atoms with Gasteiger partial charge < -0.3 is 15.1 Å². The first-order valence-corrected chi connectivity index (χ1v) is 11.4. The van der Waals surface area contributed by atoms with Crippen molar-refractivity contribution in [2.24, 2.45) is 0 Å². The van der Waals surface area contributed by atoms with E-state index in [0.717, 1.165) is 27.3 Å². The molecule has 5 nitrogen and oxygen atoms in total. The van der Waals surface area contributed by atoms with Gasteiger partial charge in [-0.3, -0.25) is 9.59 Å². The fourth-order valence-electron chi connectivity index (χ4n) is 3.34. The quantitative estimate of drug-likeness (QED) is 0.307. The van der Waals surface area contributed by atoms with Crippen molar-refractivity contribution in [2.75, 3.05) is 10.6 Å². The van der Waals surface area contributed by atoms with E-state index >= 15 is 0 Å². The standard InChI is InChI=1S/C27H24N2O3S/c1-18-8-6-11-23(19(18)2)29-27(31)25(20-9-4-3-5-10-20)33-22-15-13-21(14-16-22)28-26(30)24-12-7-17-32-24/h3-17,25H,1-2H3,(H,28,30)(H,29,31). The Kier molecular flexibility index (Phi) is 6.95. The highest BCUT2D eigenvalue weighted by Gasteiger charge is 2.23. The third-order valence-electron chi connectivity index (χ3n) is 5.31. The van der Waals surface area contributed by atoms with Crippen LogP contribution in [0, 0.1) is 13.8 Å². The predicted molar refractivity (Wildman–Crippen MR) is 133 cm³/mol. The summed E-state index contributed by atoms with van der Waals surface area (Å²) in [5.74, 6) is -0.147. The number of amides is 2. The zero-order valence-electron chi connectivity index (χ0n) is 18.4. The number of carbonyl (C=O) groups is 2. The van der Waals surface area contributed by atoms with E-state index in [0.29, 0.717) is 5.69 Å². The van der Waals surface area contributed by atoms with E-state index in [1.807, 2.05) is 86.6 Å². The van der Waals surface area contributed by atoms with Gasteiger partial charge in [0.05, 0.1) is 6.26 Å². The number of benzene rings is 3. The molecule has 166 valence electrons. The van der Waals surface area contributed by atoms with Crippen LogP contribution in [-0.4, -0.2) is 11.8 Å². The Hall–Kier alpha value is -3.77. The smallest absolute Gasteiger partial charge is 0.291 e. The molecular formula is C27H24N2O3S. The first-order valence-electron chi connectivity index (χ1n) is 10.5. The van der Waals surface area contributed by atoms with Crippen molar-refractivity contribution in [1.29, 1.82) is 0 Å². The minimum Gasteiger partial charge on any atom is -0.459 e. The fraction of sp³-hybridized carbons (Fsp3) is 0.111. The van der Waals surface area contributed by atoms with Crippen molar-refractivity contribution in [1.82, 2.24) is 0 Å². The molecule has 3 aromatic carbocycles. The van der Waals surface area contributed by atoms with Crippen molar-refractivity contribution in [3.05, 3.63) is 114 Å². The highest BCUT2D eigenvalue weighted by molar-refractivity contribution is 8.00. The predicted octanol–water partition coefficient (Wildman–Crippen LogP) is 6.62. The van der Waals surface area contributed by atoms with Gasteiger partial charge in [0.25, 0.3) is 5.91 Å². The van der Waals surface area contributed by atoms with E-state index in [1.165, 1.54) is 18.0 Å². The van der Waals surface area contributed by atoms with Crippen LogP contribution in [0.5, 0.6) is 0 Å². The minimum absolute atomic E-state index is 0.0879. The van der Waals surface area contributed by atoms with Gasteiger partial charge in [0.15, 0.2) is 5.76 Å². The molecule has 0 aliphatic rings. The number of furan rings is 1. The molecule has 0 spiro atoms. The first-order chi connectivity index (χ1) is 16.0. The lowest BCUT2D eigenvalue weighted by atomic mass is 10.1. The second-order valence-corrected chi connectivity index (χ2v) is 8.78. The van der Waals surface area contributed by atoms with E-state index < -0.39 is 5.25 Å². The van der Waals surface area contributed by atoms with Crippen LogP contribution in [0.15, 0.2) is 101 Å². The number of hydrogen-bond acceptors (Lipinski definition) is 4. The Bertz CT molecular complexity index is 1240. The summed E-state index contributed by atoms with van der Waals surface area (Å²) in [6, 6.07) is 26.3. The Morgan fingerprint density at radius 3 is 2.27 bits per heavy atom. The van der Waals surface area contributed by atoms with Gasteiger partial charge in [-0.1, -0.05) is 42.5 Å². The summed E-state index contributed by atoms with van der Waals surface area (Å²) in [5, 5.41) is 5.46. The summed E-state index contributed by atoms with van der Waals surface area (Å²) in [7, 11) is 0. The van der Waals surface area contributed by atoms with Gasteiger partial charge in [-0.25, -0.2) is 0 Å². The monoisotopic (exact) mass is 456 g/mol. The number of carbonyl (C=O) groups excluding carboxylic acids is 2. The molecule has 4 aromatic rings. The first kappa shape index (κ1) is 22.4. The Labute approximate surface area is 197 Å². The van der Waals surface area contributed by atoms with Gasteiger partial charge in [0, 0.05) is 16.3 Å². The molecule has 0 aliphatic carbocycles. The molecule has 2 amide bonds. The maximum absolute atomic E-state index is 13.3. The molecule has 1 heterocycles. The molecule has 0 saturated heterocycles. The molecule has 1 aromatic heterocycles. The van der Waals surface area contributed by atoms with Crippen molar-refractivity contribution in [3.8, 4) is 0 Å². The number of thioether (sulfide) groups is 1. The lowest BCUT2D eigenvalue weighted by Gasteiger charge is -2.19. The zero-order valence-corrected chi connectivity index (χ0v) is 19.2. The Morgan fingerprint density at radius 2 is 1.58 bits per heavy atom. The molecule has 0 bridgehead atoms.